The monoisotopic (exact) mass is 508 g/mol. The van der Waals surface area contributed by atoms with Gasteiger partial charge in [-0.05, 0) is 66.8 Å². The normalized spacial score (nSPS) is 17.1. The Balaban J connectivity index is 1.78. The number of aliphatic hydroxyl groups excluding tert-OH is 1. The van der Waals surface area contributed by atoms with Crippen molar-refractivity contribution in [1.29, 1.82) is 0 Å². The number of benzene rings is 3. The number of Topliss-reactive ketones (excluding diaryl/α,β-unsaturated/α-hetero) is 1. The average Bonchev–Trinajstić information content (AvgIpc) is 3.39. The highest BCUT2D eigenvalue weighted by Crippen LogP contribution is 2.46. The minimum atomic E-state index is -0.803. The van der Waals surface area contributed by atoms with Gasteiger partial charge in [-0.3, -0.25) is 14.5 Å². The van der Waals surface area contributed by atoms with E-state index >= 15 is 0 Å². The Morgan fingerprint density at radius 3 is 2.42 bits per heavy atom. The maximum absolute atomic E-state index is 13.7. The summed E-state index contributed by atoms with van der Waals surface area (Å²) in [5, 5.41) is 12.6. The Morgan fingerprint density at radius 1 is 1.05 bits per heavy atom. The molecule has 1 aliphatic rings. The minimum Gasteiger partial charge on any atom is -0.507 e. The Labute approximate surface area is 222 Å². The zero-order valence-corrected chi connectivity index (χ0v) is 22.3. The van der Waals surface area contributed by atoms with Gasteiger partial charge in [0.15, 0.2) is 0 Å². The lowest BCUT2D eigenvalue weighted by atomic mass is 9.91. The molecule has 0 saturated carbocycles. The first-order valence-electron chi connectivity index (χ1n) is 12.9. The molecule has 1 aliphatic heterocycles. The van der Waals surface area contributed by atoms with Crippen LogP contribution in [-0.4, -0.2) is 28.9 Å². The molecule has 0 bridgehead atoms. The number of aliphatic hydroxyl groups is 1. The molecular weight excluding hydrogens is 476 g/mol. The third-order valence-corrected chi connectivity index (χ3v) is 7.41. The van der Waals surface area contributed by atoms with Crippen LogP contribution in [0.4, 0.5) is 5.69 Å². The number of para-hydroxylation sites is 1. The lowest BCUT2D eigenvalue weighted by Crippen LogP contribution is -2.29. The lowest BCUT2D eigenvalue weighted by molar-refractivity contribution is -0.132. The van der Waals surface area contributed by atoms with Crippen molar-refractivity contribution in [3.8, 4) is 5.75 Å². The molecule has 38 heavy (non-hydrogen) atoms. The van der Waals surface area contributed by atoms with Crippen molar-refractivity contribution in [3.05, 3.63) is 100 Å². The fourth-order valence-corrected chi connectivity index (χ4v) is 5.40. The van der Waals surface area contributed by atoms with Gasteiger partial charge in [-0.2, -0.15) is 0 Å². The van der Waals surface area contributed by atoms with E-state index in [1.807, 2.05) is 75.4 Å². The van der Waals surface area contributed by atoms with Gasteiger partial charge >= 0.3 is 0 Å². The summed E-state index contributed by atoms with van der Waals surface area (Å²) in [5.41, 5.74) is 5.70. The number of aromatic amines is 1. The van der Waals surface area contributed by atoms with Crippen LogP contribution < -0.4 is 9.64 Å². The molecule has 0 radical (unpaired) electrons. The van der Waals surface area contributed by atoms with Crippen molar-refractivity contribution in [2.24, 2.45) is 0 Å². The minimum absolute atomic E-state index is 0.0716. The number of H-pyrrole nitrogens is 1. The number of hydrogen-bond donors (Lipinski definition) is 2. The molecule has 1 atom stereocenters. The average molecular weight is 509 g/mol. The largest absolute Gasteiger partial charge is 0.507 e. The van der Waals surface area contributed by atoms with E-state index in [4.69, 9.17) is 4.74 Å². The van der Waals surface area contributed by atoms with Crippen LogP contribution in [0, 0.1) is 6.92 Å². The number of rotatable bonds is 6. The van der Waals surface area contributed by atoms with Crippen molar-refractivity contribution in [2.75, 3.05) is 12.0 Å². The molecule has 0 spiro atoms. The van der Waals surface area contributed by atoms with Crippen LogP contribution in [0.1, 0.15) is 60.7 Å². The second-order valence-corrected chi connectivity index (χ2v) is 10.0. The first-order chi connectivity index (χ1) is 18.3. The summed E-state index contributed by atoms with van der Waals surface area (Å²) in [7, 11) is 1.61. The molecule has 6 heteroatoms. The second kappa shape index (κ2) is 9.86. The van der Waals surface area contributed by atoms with Gasteiger partial charge < -0.3 is 14.8 Å². The smallest absolute Gasteiger partial charge is 0.300 e. The molecule has 1 amide bonds. The van der Waals surface area contributed by atoms with Gasteiger partial charge in [-0.15, -0.1) is 0 Å². The van der Waals surface area contributed by atoms with Crippen LogP contribution in [0.15, 0.2) is 72.3 Å². The highest BCUT2D eigenvalue weighted by molar-refractivity contribution is 6.52. The topological polar surface area (TPSA) is 82.6 Å². The number of carbonyl (C=O) groups is 2. The molecule has 194 valence electrons. The number of carbonyl (C=O) groups excluding carboxylic acids is 2. The van der Waals surface area contributed by atoms with Gasteiger partial charge in [0, 0.05) is 33.4 Å². The molecule has 3 aromatic carbocycles. The van der Waals surface area contributed by atoms with Gasteiger partial charge in [0.25, 0.3) is 11.7 Å². The summed E-state index contributed by atoms with van der Waals surface area (Å²) < 4.78 is 5.51. The number of aryl methyl sites for hydroxylation is 2. The van der Waals surface area contributed by atoms with Gasteiger partial charge in [0.05, 0.1) is 18.7 Å². The van der Waals surface area contributed by atoms with Crippen molar-refractivity contribution < 1.29 is 19.4 Å². The standard InChI is InChI=1S/C32H32N2O4/c1-6-20-11-14-22(15-12-20)34-29(27-19(4)33-25-10-8-7-9-23(25)27)28(31(36)32(34)37)30(35)21-13-16-26(38-5)24(17-21)18(2)3/h7-18,29,33,35H,6H2,1-5H3/b30-28+. The number of nitrogens with zero attached hydrogens (tertiary/aromatic N) is 1. The summed E-state index contributed by atoms with van der Waals surface area (Å²) >= 11 is 0. The molecule has 1 saturated heterocycles. The van der Waals surface area contributed by atoms with E-state index in [1.54, 1.807) is 19.2 Å². The number of methoxy groups -OCH3 is 1. The lowest BCUT2D eigenvalue weighted by Gasteiger charge is -2.26. The van der Waals surface area contributed by atoms with E-state index in [9.17, 15) is 14.7 Å². The molecule has 0 aliphatic carbocycles. The first kappa shape index (κ1) is 25.3. The fraction of sp³-hybridized carbons (Fsp3) is 0.250. The van der Waals surface area contributed by atoms with E-state index in [0.717, 1.165) is 39.7 Å². The molecule has 4 aromatic rings. The summed E-state index contributed by atoms with van der Waals surface area (Å²) in [6.07, 6.45) is 0.861. The van der Waals surface area contributed by atoms with Crippen LogP contribution in [0.3, 0.4) is 0 Å². The SMILES string of the molecule is CCc1ccc(N2C(=O)C(=O)/C(=C(/O)c3ccc(OC)c(C(C)C)c3)C2c2c(C)[nH]c3ccccc23)cc1. The van der Waals surface area contributed by atoms with Crippen molar-refractivity contribution >= 4 is 34.0 Å². The fourth-order valence-electron chi connectivity index (χ4n) is 5.40. The third kappa shape index (κ3) is 4.06. The number of fused-ring (bicyclic) bond motifs is 1. The van der Waals surface area contributed by atoms with Crippen molar-refractivity contribution in [1.82, 2.24) is 4.98 Å². The molecule has 1 fully saturated rings. The van der Waals surface area contributed by atoms with Crippen LogP contribution in [0.25, 0.3) is 16.7 Å². The van der Waals surface area contributed by atoms with Crippen molar-refractivity contribution in [2.45, 2.75) is 46.1 Å². The molecule has 2 N–H and O–H groups in total. The molecule has 6 nitrogen and oxygen atoms in total. The second-order valence-electron chi connectivity index (χ2n) is 10.0. The summed E-state index contributed by atoms with van der Waals surface area (Å²) in [4.78, 5) is 32.2. The van der Waals surface area contributed by atoms with Gasteiger partial charge in [-0.25, -0.2) is 0 Å². The number of anilines is 1. The molecule has 1 unspecified atom stereocenters. The van der Waals surface area contributed by atoms with E-state index < -0.39 is 17.7 Å². The third-order valence-electron chi connectivity index (χ3n) is 7.41. The zero-order valence-electron chi connectivity index (χ0n) is 22.3. The highest BCUT2D eigenvalue weighted by Gasteiger charge is 2.48. The Bertz CT molecular complexity index is 1580. The van der Waals surface area contributed by atoms with Gasteiger partial charge in [0.1, 0.15) is 11.5 Å². The zero-order chi connectivity index (χ0) is 27.1. The Kier molecular flexibility index (Phi) is 6.57. The maximum atomic E-state index is 13.7. The molecular formula is C32H32N2O4. The van der Waals surface area contributed by atoms with Crippen LogP contribution >= 0.6 is 0 Å². The summed E-state index contributed by atoms with van der Waals surface area (Å²) in [5.74, 6) is -0.738. The molecule has 1 aromatic heterocycles. The van der Waals surface area contributed by atoms with Crippen LogP contribution in [0.5, 0.6) is 5.75 Å². The number of ether oxygens (including phenoxy) is 1. The van der Waals surface area contributed by atoms with Crippen molar-refractivity contribution in [3.63, 3.8) is 0 Å². The summed E-state index contributed by atoms with van der Waals surface area (Å²) in [6, 6.07) is 20.0. The van der Waals surface area contributed by atoms with E-state index in [1.165, 1.54) is 4.90 Å². The number of nitrogens with one attached hydrogen (secondary N) is 1. The van der Waals surface area contributed by atoms with Crippen LogP contribution in [-0.2, 0) is 16.0 Å². The number of ketones is 1. The Morgan fingerprint density at radius 2 is 1.76 bits per heavy atom. The van der Waals surface area contributed by atoms with Gasteiger partial charge in [-0.1, -0.05) is 51.1 Å². The van der Waals surface area contributed by atoms with E-state index in [2.05, 4.69) is 11.9 Å². The van der Waals surface area contributed by atoms with Crippen LogP contribution in [0.2, 0.25) is 0 Å². The highest BCUT2D eigenvalue weighted by atomic mass is 16.5. The van der Waals surface area contributed by atoms with E-state index in [-0.39, 0.29) is 17.3 Å². The summed E-state index contributed by atoms with van der Waals surface area (Å²) in [6.45, 7) is 8.07. The maximum Gasteiger partial charge on any atom is 0.300 e. The molecule has 2 heterocycles. The van der Waals surface area contributed by atoms with Gasteiger partial charge in [0.2, 0.25) is 0 Å². The first-order valence-corrected chi connectivity index (χ1v) is 12.9. The molecule has 5 rings (SSSR count). The van der Waals surface area contributed by atoms with E-state index in [0.29, 0.717) is 17.0 Å². The number of aromatic nitrogens is 1. The predicted molar refractivity (Wildman–Crippen MR) is 151 cm³/mol. The number of amides is 1. The quantitative estimate of drug-likeness (QED) is 0.171. The predicted octanol–water partition coefficient (Wildman–Crippen LogP) is 6.80. The Hall–Kier alpha value is -4.32. The number of hydrogen-bond acceptors (Lipinski definition) is 4.